The van der Waals surface area contributed by atoms with E-state index in [9.17, 15) is 25.4 Å². The van der Waals surface area contributed by atoms with Gasteiger partial charge in [-0.3, -0.25) is 14.5 Å². The first-order valence-electron chi connectivity index (χ1n) is 30.1. The van der Waals surface area contributed by atoms with Crippen molar-refractivity contribution in [1.82, 2.24) is 39.5 Å². The number of methoxy groups -OCH3 is 1. The van der Waals surface area contributed by atoms with Gasteiger partial charge in [0.05, 0.1) is 80.3 Å². The highest BCUT2D eigenvalue weighted by atomic mass is 16.5. The molecule has 8 heterocycles. The molecule has 2 aromatic heterocycles. The van der Waals surface area contributed by atoms with Crippen molar-refractivity contribution >= 4 is 56.4 Å². The van der Waals surface area contributed by atoms with E-state index in [-0.39, 0.29) is 60.8 Å². The molecule has 6 aromatic rings. The summed E-state index contributed by atoms with van der Waals surface area (Å²) in [5.41, 5.74) is 7.59. The van der Waals surface area contributed by atoms with Crippen LogP contribution in [0.5, 0.6) is 17.8 Å². The van der Waals surface area contributed by atoms with E-state index >= 15 is 0 Å². The Morgan fingerprint density at radius 1 is 0.628 bits per heavy atom. The Bertz CT molecular complexity index is 3740. The van der Waals surface area contributed by atoms with Gasteiger partial charge in [0.15, 0.2) is 0 Å². The van der Waals surface area contributed by atoms with Gasteiger partial charge in [0.25, 0.3) is 0 Å². The number of nitriles is 3. The predicted molar refractivity (Wildman–Crippen MR) is 329 cm³/mol. The minimum absolute atomic E-state index is 0.0183. The lowest BCUT2D eigenvalue weighted by Gasteiger charge is -2.42. The molecule has 5 atom stereocenters. The van der Waals surface area contributed by atoms with E-state index in [0.29, 0.717) is 96.5 Å². The zero-order valence-corrected chi connectivity index (χ0v) is 49.4. The molecule has 6 aliphatic rings. The smallest absolute Gasteiger partial charge is 0.318 e. The topological polar surface area (TPSA) is 211 Å². The largest absolute Gasteiger partial charge is 0.496 e. The Morgan fingerprint density at radius 3 is 1.78 bits per heavy atom. The molecule has 0 aliphatic carbocycles. The number of hydrogen-bond donors (Lipinski definition) is 0. The number of rotatable bonds is 16. The molecule has 0 spiro atoms. The van der Waals surface area contributed by atoms with Crippen LogP contribution >= 0.6 is 0 Å². The number of likely N-dealkylation sites (tertiary alicyclic amines) is 2. The number of hydrogen-bond acceptors (Lipinski definition) is 18. The van der Waals surface area contributed by atoms with Crippen molar-refractivity contribution in [2.45, 2.75) is 88.1 Å². The lowest BCUT2D eigenvalue weighted by Crippen LogP contribution is -2.55. The van der Waals surface area contributed by atoms with Gasteiger partial charge in [0, 0.05) is 104 Å². The lowest BCUT2D eigenvalue weighted by molar-refractivity contribution is -0.129. The zero-order valence-electron chi connectivity index (χ0n) is 49.4. The number of fused-ring (bicyclic) bond motifs is 4. The Balaban J connectivity index is 0.827. The summed E-state index contributed by atoms with van der Waals surface area (Å²) in [6, 6.07) is 30.2. The maximum absolute atomic E-state index is 13.0. The summed E-state index contributed by atoms with van der Waals surface area (Å²) >= 11 is 0. The zero-order chi connectivity index (χ0) is 59.6. The Kier molecular flexibility index (Phi) is 16.6. The minimum Gasteiger partial charge on any atom is -0.496 e. The first kappa shape index (κ1) is 57.4. The highest BCUT2D eigenvalue weighted by molar-refractivity contribution is 6.00. The van der Waals surface area contributed by atoms with E-state index in [4.69, 9.17) is 34.1 Å². The van der Waals surface area contributed by atoms with Crippen LogP contribution in [0.3, 0.4) is 0 Å². The van der Waals surface area contributed by atoms with E-state index in [0.717, 1.165) is 112 Å². The maximum Gasteiger partial charge on any atom is 0.318 e. The third-order valence-electron chi connectivity index (χ3n) is 18.7. The number of anilines is 4. The SMILES string of the molecule is C=CC(=O)N1CCN(c2nc(OC[C@@H]3CCCN3C)nc3c2CCN(c2cc(C4CC(COc5nc6c(c(N7CCN(C(=O)C=C)[C@@H](CC#N)C7)n5)CCN(c5cccc7cccc(OC)c57)C6)N(C)C4)cc4cccc(C#N)c24)C3)C[C@@H]1CC#N. The average Bonchev–Trinajstić information content (AvgIpc) is 1.55. The summed E-state index contributed by atoms with van der Waals surface area (Å²) in [4.78, 5) is 63.9. The van der Waals surface area contributed by atoms with E-state index < -0.39 is 0 Å². The van der Waals surface area contributed by atoms with Crippen LogP contribution in [0.25, 0.3) is 21.5 Å². The highest BCUT2D eigenvalue weighted by Crippen LogP contribution is 2.43. The van der Waals surface area contributed by atoms with E-state index in [1.54, 1.807) is 16.9 Å². The maximum atomic E-state index is 13.0. The van der Waals surface area contributed by atoms with Crippen LogP contribution in [0.1, 0.15) is 71.7 Å². The summed E-state index contributed by atoms with van der Waals surface area (Å²) in [7, 11) is 5.97. The minimum atomic E-state index is -0.337. The van der Waals surface area contributed by atoms with Crippen molar-refractivity contribution in [3.8, 4) is 36.0 Å². The molecule has 20 nitrogen and oxygen atoms in total. The van der Waals surface area contributed by atoms with Gasteiger partial charge < -0.3 is 48.5 Å². The van der Waals surface area contributed by atoms with E-state index in [2.05, 4.69) is 117 Å². The number of aromatic nitrogens is 4. The normalized spacial score (nSPS) is 21.6. The standard InChI is InChI=1S/C66H73N15O5/c1-6-59(82)80-30-28-78(37-48(80)19-23-67)63-52-21-26-76(56-17-9-12-43-13-10-18-58(84-5)62(43)56)39-54(52)70-66(73-63)86-42-51-33-47(36-75(51)4)46-32-44-14-8-15-45(35-69)61(44)57(34-46)77-27-22-53-55(40-77)71-65(85-41-50-16-11-25-74(50)3)72-64(53)79-29-31-81(60(83)7-2)49(38-79)20-24-68/h6-10,12-15,17-18,32,34,47-51H,1-2,11,16,19-22,25-31,33,36-42H2,3-5H3/t47?,48-,49-,50-,51?/m0/s1. The quantitative estimate of drug-likeness (QED) is 0.0881. The fraction of sp³-hybridized carbons (Fsp3) is 0.439. The molecular formula is C66H73N15O5. The van der Waals surface area contributed by atoms with Crippen molar-refractivity contribution < 1.29 is 23.8 Å². The third kappa shape index (κ3) is 11.2. The van der Waals surface area contributed by atoms with Crippen molar-refractivity contribution in [2.24, 2.45) is 0 Å². The molecule has 2 unspecified atom stereocenters. The van der Waals surface area contributed by atoms with Crippen molar-refractivity contribution in [3.05, 3.63) is 126 Å². The van der Waals surface area contributed by atoms with Gasteiger partial charge in [-0.25, -0.2) is 0 Å². The molecule has 0 radical (unpaired) electrons. The van der Waals surface area contributed by atoms with Crippen LogP contribution in [0.15, 0.2) is 92.0 Å². The number of ether oxygens (including phenoxy) is 3. The molecule has 4 saturated heterocycles. The molecule has 6 aliphatic heterocycles. The number of likely N-dealkylation sites (N-methyl/N-ethyl adjacent to an activating group) is 2. The van der Waals surface area contributed by atoms with Gasteiger partial charge in [-0.1, -0.05) is 55.6 Å². The van der Waals surface area contributed by atoms with Crippen molar-refractivity contribution in [3.63, 3.8) is 0 Å². The van der Waals surface area contributed by atoms with Gasteiger partial charge in [-0.05, 0) is 111 Å². The molecule has 0 bridgehead atoms. The molecule has 20 heteroatoms. The molecule has 442 valence electrons. The summed E-state index contributed by atoms with van der Waals surface area (Å²) in [6.45, 7) is 15.2. The second kappa shape index (κ2) is 24.9. The number of carbonyl (C=O) groups excluding carboxylic acids is 2. The fourth-order valence-electron chi connectivity index (χ4n) is 14.1. The number of benzene rings is 4. The van der Waals surface area contributed by atoms with Crippen LogP contribution < -0.4 is 33.8 Å². The molecular weight excluding hydrogens is 1080 g/mol. The van der Waals surface area contributed by atoms with Gasteiger partial charge in [-0.15, -0.1) is 0 Å². The van der Waals surface area contributed by atoms with Gasteiger partial charge in [0.2, 0.25) is 11.8 Å². The molecule has 4 aromatic carbocycles. The Labute approximate surface area is 502 Å². The number of nitrogens with zero attached hydrogens (tertiary/aromatic N) is 15. The van der Waals surface area contributed by atoms with Gasteiger partial charge in [-0.2, -0.15) is 35.7 Å². The molecule has 4 fully saturated rings. The van der Waals surface area contributed by atoms with Crippen molar-refractivity contribution in [2.75, 3.05) is 119 Å². The monoisotopic (exact) mass is 1160 g/mol. The Morgan fingerprint density at radius 2 is 1.21 bits per heavy atom. The van der Waals surface area contributed by atoms with Gasteiger partial charge >= 0.3 is 12.0 Å². The van der Waals surface area contributed by atoms with E-state index in [1.807, 2.05) is 24.3 Å². The molecule has 0 N–H and O–H groups in total. The first-order valence-corrected chi connectivity index (χ1v) is 30.1. The summed E-state index contributed by atoms with van der Waals surface area (Å²) in [5.74, 6) is 2.12. The molecule has 2 amide bonds. The number of piperazine rings is 2. The van der Waals surface area contributed by atoms with Gasteiger partial charge in [0.1, 0.15) is 30.6 Å². The molecule has 86 heavy (non-hydrogen) atoms. The molecule has 0 saturated carbocycles. The van der Waals surface area contributed by atoms with Crippen LogP contribution in [0.4, 0.5) is 23.0 Å². The number of carbonyl (C=O) groups is 2. The summed E-state index contributed by atoms with van der Waals surface area (Å²) < 4.78 is 19.2. The van der Waals surface area contributed by atoms with E-state index in [1.165, 1.54) is 17.7 Å². The Hall–Kier alpha value is -9.03. The summed E-state index contributed by atoms with van der Waals surface area (Å²) in [6.07, 6.45) is 7.26. The number of amides is 2. The third-order valence-corrected chi connectivity index (χ3v) is 18.7. The van der Waals surface area contributed by atoms with Crippen LogP contribution in [0, 0.1) is 34.0 Å². The molecule has 12 rings (SSSR count). The fourth-order valence-corrected chi connectivity index (χ4v) is 14.1. The first-order chi connectivity index (χ1) is 42.0. The van der Waals surface area contributed by atoms with Crippen molar-refractivity contribution in [1.29, 1.82) is 15.8 Å². The second-order valence-electron chi connectivity index (χ2n) is 23.6. The lowest BCUT2D eigenvalue weighted by atomic mass is 9.91. The highest BCUT2D eigenvalue weighted by Gasteiger charge is 2.38. The van der Waals surface area contributed by atoms with Crippen LogP contribution in [-0.2, 0) is 35.5 Å². The second-order valence-corrected chi connectivity index (χ2v) is 23.6. The predicted octanol–water partition coefficient (Wildman–Crippen LogP) is 7.15. The van der Waals surface area contributed by atoms with Crippen LogP contribution in [0.2, 0.25) is 0 Å². The summed E-state index contributed by atoms with van der Waals surface area (Å²) in [5, 5.41) is 34.4. The average molecular weight is 1160 g/mol. The van der Waals surface area contributed by atoms with Crippen LogP contribution in [-0.4, -0.2) is 175 Å².